The van der Waals surface area contributed by atoms with Gasteiger partial charge in [-0.15, -0.1) is 0 Å². The molecule has 11 heteroatoms. The monoisotopic (exact) mass is 432 g/mol. The van der Waals surface area contributed by atoms with Gasteiger partial charge in [-0.2, -0.15) is 13.2 Å². The highest BCUT2D eigenvalue weighted by Crippen LogP contribution is 2.48. The van der Waals surface area contributed by atoms with Crippen molar-refractivity contribution in [3.63, 3.8) is 0 Å². The van der Waals surface area contributed by atoms with Gasteiger partial charge in [0.25, 0.3) is 0 Å². The van der Waals surface area contributed by atoms with Gasteiger partial charge in [0.05, 0.1) is 14.2 Å². The molecule has 1 aromatic heterocycles. The molecular weight excluding hydrogens is 413 g/mol. The average molecular weight is 432 g/mol. The number of hydrogen-bond donors (Lipinski definition) is 4. The van der Waals surface area contributed by atoms with Crippen LogP contribution in [0.4, 0.5) is 42.1 Å². The van der Waals surface area contributed by atoms with Crippen LogP contribution in [0.15, 0.2) is 48.5 Å². The van der Waals surface area contributed by atoms with Gasteiger partial charge in [0.2, 0.25) is 5.66 Å². The molecule has 1 atom stereocenters. The normalized spacial score (nSPS) is 17.3. The van der Waals surface area contributed by atoms with Gasteiger partial charge in [-0.25, -0.2) is 9.97 Å². The molecule has 0 spiro atoms. The number of nitrogens with one attached hydrogen (secondary N) is 3. The number of nitrogen functional groups attached to an aromatic ring is 1. The summed E-state index contributed by atoms with van der Waals surface area (Å²) in [6.07, 6.45) is -4.72. The van der Waals surface area contributed by atoms with E-state index >= 15 is 0 Å². The summed E-state index contributed by atoms with van der Waals surface area (Å²) in [5.74, 6) is 0.953. The van der Waals surface area contributed by atoms with Gasteiger partial charge in [0.1, 0.15) is 11.5 Å². The Bertz CT molecular complexity index is 1090. The number of alkyl halides is 3. The minimum absolute atomic E-state index is 0.0587. The summed E-state index contributed by atoms with van der Waals surface area (Å²) in [4.78, 5) is 8.31. The van der Waals surface area contributed by atoms with Crippen molar-refractivity contribution in [2.75, 3.05) is 35.9 Å². The van der Waals surface area contributed by atoms with Crippen molar-refractivity contribution < 1.29 is 22.6 Å². The smallest absolute Gasteiger partial charge is 0.434 e. The molecular formula is C20H19F3N6O2. The van der Waals surface area contributed by atoms with Crippen LogP contribution in [0, 0.1) is 0 Å². The number of ether oxygens (including phenoxy) is 2. The first-order valence-corrected chi connectivity index (χ1v) is 9.12. The Morgan fingerprint density at radius 2 is 1.39 bits per heavy atom. The van der Waals surface area contributed by atoms with E-state index in [0.29, 0.717) is 17.2 Å². The van der Waals surface area contributed by atoms with Crippen LogP contribution < -0.4 is 31.2 Å². The van der Waals surface area contributed by atoms with E-state index in [9.17, 15) is 13.2 Å². The van der Waals surface area contributed by atoms with Crippen LogP contribution in [-0.2, 0) is 5.66 Å². The van der Waals surface area contributed by atoms with Crippen molar-refractivity contribution in [1.29, 1.82) is 0 Å². The van der Waals surface area contributed by atoms with Crippen molar-refractivity contribution in [2.24, 2.45) is 0 Å². The van der Waals surface area contributed by atoms with Gasteiger partial charge in [-0.05, 0) is 36.4 Å². The lowest BCUT2D eigenvalue weighted by atomic mass is 9.99. The fourth-order valence-corrected chi connectivity index (χ4v) is 3.20. The first-order valence-electron chi connectivity index (χ1n) is 9.12. The maximum atomic E-state index is 14.2. The number of fused-ring (bicyclic) bond motifs is 1. The lowest BCUT2D eigenvalue weighted by Gasteiger charge is -2.32. The first-order chi connectivity index (χ1) is 14.8. The fourth-order valence-electron chi connectivity index (χ4n) is 3.20. The van der Waals surface area contributed by atoms with Gasteiger partial charge in [-0.3, -0.25) is 0 Å². The largest absolute Gasteiger partial charge is 0.497 e. The highest BCUT2D eigenvalue weighted by atomic mass is 19.4. The maximum Gasteiger partial charge on any atom is 0.434 e. The minimum Gasteiger partial charge on any atom is -0.497 e. The van der Waals surface area contributed by atoms with Crippen LogP contribution in [0.5, 0.6) is 11.5 Å². The van der Waals surface area contributed by atoms with E-state index in [-0.39, 0.29) is 28.8 Å². The van der Waals surface area contributed by atoms with Gasteiger partial charge in [0.15, 0.2) is 23.3 Å². The van der Waals surface area contributed by atoms with E-state index < -0.39 is 11.8 Å². The Kier molecular flexibility index (Phi) is 4.88. The van der Waals surface area contributed by atoms with Crippen LogP contribution >= 0.6 is 0 Å². The van der Waals surface area contributed by atoms with Crippen molar-refractivity contribution in [3.8, 4) is 11.5 Å². The third kappa shape index (κ3) is 3.58. The molecule has 3 aromatic rings. The highest BCUT2D eigenvalue weighted by Gasteiger charge is 2.60. The Balaban J connectivity index is 1.68. The second-order valence-electron chi connectivity index (χ2n) is 6.73. The molecule has 2 aromatic carbocycles. The van der Waals surface area contributed by atoms with Crippen molar-refractivity contribution in [2.45, 2.75) is 11.8 Å². The van der Waals surface area contributed by atoms with Crippen LogP contribution in [0.2, 0.25) is 0 Å². The number of halogens is 3. The molecule has 0 aliphatic carbocycles. The lowest BCUT2D eigenvalue weighted by molar-refractivity contribution is -0.172. The third-order valence-electron chi connectivity index (χ3n) is 4.84. The second-order valence-corrected chi connectivity index (χ2v) is 6.73. The predicted octanol–water partition coefficient (Wildman–Crippen LogP) is 4.07. The molecule has 1 aliphatic heterocycles. The van der Waals surface area contributed by atoms with Gasteiger partial charge < -0.3 is 31.2 Å². The number of anilines is 5. The molecule has 0 amide bonds. The highest BCUT2D eigenvalue weighted by molar-refractivity contribution is 5.78. The van der Waals surface area contributed by atoms with E-state index in [1.807, 2.05) is 0 Å². The van der Waals surface area contributed by atoms with E-state index in [1.54, 1.807) is 31.4 Å². The number of aromatic nitrogens is 2. The number of rotatable bonds is 5. The molecule has 0 saturated heterocycles. The third-order valence-corrected chi connectivity index (χ3v) is 4.84. The van der Waals surface area contributed by atoms with E-state index in [4.69, 9.17) is 15.2 Å². The number of nitrogens with two attached hydrogens (primary N) is 1. The summed E-state index contributed by atoms with van der Waals surface area (Å²) in [7, 11) is 2.98. The molecule has 4 rings (SSSR count). The Morgan fingerprint density at radius 3 is 1.90 bits per heavy atom. The van der Waals surface area contributed by atoms with Gasteiger partial charge in [0, 0.05) is 11.3 Å². The zero-order valence-electron chi connectivity index (χ0n) is 16.5. The SMILES string of the molecule is COc1ccc(Nc2nc3c(nc2N)NC(c2ccc(OC)cc2)(C(F)(F)F)N3)cc1. The zero-order valence-corrected chi connectivity index (χ0v) is 16.5. The van der Waals surface area contributed by atoms with Crippen LogP contribution in [-0.4, -0.2) is 30.4 Å². The molecule has 0 saturated carbocycles. The summed E-state index contributed by atoms with van der Waals surface area (Å²) in [6.45, 7) is 0. The Morgan fingerprint density at radius 1 is 0.871 bits per heavy atom. The van der Waals surface area contributed by atoms with Crippen LogP contribution in [0.3, 0.4) is 0 Å². The van der Waals surface area contributed by atoms with Crippen LogP contribution in [0.1, 0.15) is 5.56 Å². The standard InChI is InChI=1S/C20H19F3N6O2/c1-30-13-7-3-11(4-8-13)19(20(21,22)23)28-17-18(29-19)27-16(15(24)26-17)25-12-5-9-14(31-2)10-6-12/h3-10H,1-2H3,(H3,24,26,28)(H2,25,27,29). The van der Waals surface area contributed by atoms with Gasteiger partial charge in [-0.1, -0.05) is 12.1 Å². The van der Waals surface area contributed by atoms with Crippen molar-refractivity contribution >= 4 is 29.0 Å². The zero-order chi connectivity index (χ0) is 22.2. The number of nitrogens with zero attached hydrogens (tertiary/aromatic N) is 2. The first kappa shape index (κ1) is 20.4. The molecule has 0 radical (unpaired) electrons. The van der Waals surface area contributed by atoms with Crippen molar-refractivity contribution in [1.82, 2.24) is 9.97 Å². The quantitative estimate of drug-likeness (QED) is 0.478. The Hall–Kier alpha value is -3.89. The molecule has 0 bridgehead atoms. The molecule has 2 heterocycles. The summed E-state index contributed by atoms with van der Waals surface area (Å²) in [5.41, 5.74) is 3.86. The fraction of sp³-hybridized carbons (Fsp3) is 0.200. The number of methoxy groups -OCH3 is 2. The molecule has 31 heavy (non-hydrogen) atoms. The number of hydrogen-bond acceptors (Lipinski definition) is 8. The maximum absolute atomic E-state index is 14.2. The summed E-state index contributed by atoms with van der Waals surface area (Å²) in [6, 6.07) is 12.4. The Labute approximate surface area is 175 Å². The van der Waals surface area contributed by atoms with Gasteiger partial charge >= 0.3 is 6.18 Å². The van der Waals surface area contributed by atoms with E-state index in [0.717, 1.165) is 0 Å². The van der Waals surface area contributed by atoms with E-state index in [2.05, 4.69) is 25.9 Å². The second kappa shape index (κ2) is 7.42. The molecule has 5 N–H and O–H groups in total. The summed E-state index contributed by atoms with van der Waals surface area (Å²) in [5, 5.41) is 7.82. The van der Waals surface area contributed by atoms with Crippen LogP contribution in [0.25, 0.3) is 0 Å². The summed E-state index contributed by atoms with van der Waals surface area (Å²) >= 11 is 0. The number of benzene rings is 2. The molecule has 162 valence electrons. The summed E-state index contributed by atoms with van der Waals surface area (Å²) < 4.78 is 52.7. The topological polar surface area (TPSA) is 106 Å². The molecule has 0 fully saturated rings. The lowest BCUT2D eigenvalue weighted by Crippen LogP contribution is -2.52. The average Bonchev–Trinajstić information content (AvgIpc) is 3.14. The molecule has 8 nitrogen and oxygen atoms in total. The predicted molar refractivity (Wildman–Crippen MR) is 111 cm³/mol. The van der Waals surface area contributed by atoms with E-state index in [1.165, 1.54) is 31.4 Å². The minimum atomic E-state index is -4.72. The molecule has 1 aliphatic rings. The van der Waals surface area contributed by atoms with Crippen molar-refractivity contribution in [3.05, 3.63) is 54.1 Å². The molecule has 1 unspecified atom stereocenters.